The van der Waals surface area contributed by atoms with E-state index in [2.05, 4.69) is 10.3 Å². The van der Waals surface area contributed by atoms with Crippen molar-refractivity contribution in [1.29, 1.82) is 0 Å². The minimum atomic E-state index is -0.230. The number of para-hydroxylation sites is 1. The zero-order valence-electron chi connectivity index (χ0n) is 14.6. The van der Waals surface area contributed by atoms with E-state index in [4.69, 9.17) is 16.3 Å². The van der Waals surface area contributed by atoms with Crippen molar-refractivity contribution in [3.63, 3.8) is 0 Å². The van der Waals surface area contributed by atoms with Gasteiger partial charge in [-0.25, -0.2) is 4.98 Å². The van der Waals surface area contributed by atoms with Crippen LogP contribution in [0.3, 0.4) is 0 Å². The summed E-state index contributed by atoms with van der Waals surface area (Å²) in [6.07, 6.45) is 0.693. The number of nitrogens with one attached hydrogen (secondary N) is 1. The lowest BCUT2D eigenvalue weighted by atomic mass is 10.1. The molecule has 0 saturated carbocycles. The van der Waals surface area contributed by atoms with Crippen molar-refractivity contribution in [2.75, 3.05) is 11.9 Å². The maximum atomic E-state index is 12.1. The summed E-state index contributed by atoms with van der Waals surface area (Å²) in [6, 6.07) is 15.3. The van der Waals surface area contributed by atoms with Gasteiger partial charge >= 0.3 is 0 Å². The summed E-state index contributed by atoms with van der Waals surface area (Å²) in [7, 11) is 0. The second-order valence-electron chi connectivity index (χ2n) is 5.90. The predicted octanol–water partition coefficient (Wildman–Crippen LogP) is 5.02. The van der Waals surface area contributed by atoms with Gasteiger partial charge in [-0.2, -0.15) is 0 Å². The zero-order valence-corrected chi connectivity index (χ0v) is 16.2. The Kier molecular flexibility index (Phi) is 5.91. The van der Waals surface area contributed by atoms with Gasteiger partial charge in [-0.05, 0) is 37.1 Å². The molecule has 4 nitrogen and oxygen atoms in total. The van der Waals surface area contributed by atoms with Gasteiger partial charge in [0.1, 0.15) is 5.75 Å². The van der Waals surface area contributed by atoms with Crippen LogP contribution in [0, 0.1) is 13.8 Å². The van der Waals surface area contributed by atoms with Crippen molar-refractivity contribution < 1.29 is 9.53 Å². The lowest BCUT2D eigenvalue weighted by Gasteiger charge is -2.08. The van der Waals surface area contributed by atoms with Crippen LogP contribution in [-0.4, -0.2) is 17.5 Å². The molecule has 26 heavy (non-hydrogen) atoms. The molecule has 2 aromatic carbocycles. The maximum absolute atomic E-state index is 12.1. The average molecular weight is 387 g/mol. The molecule has 1 heterocycles. The van der Waals surface area contributed by atoms with Gasteiger partial charge in [-0.3, -0.25) is 10.1 Å². The molecule has 0 spiro atoms. The van der Waals surface area contributed by atoms with E-state index >= 15 is 0 Å². The third-order valence-electron chi connectivity index (χ3n) is 3.90. The molecule has 0 unspecified atom stereocenters. The van der Waals surface area contributed by atoms with Crippen LogP contribution in [-0.2, 0) is 11.2 Å². The number of hydrogen-bond donors (Lipinski definition) is 1. The van der Waals surface area contributed by atoms with E-state index in [1.807, 2.05) is 62.4 Å². The second kappa shape index (κ2) is 8.34. The Labute approximate surface area is 161 Å². The van der Waals surface area contributed by atoms with Crippen LogP contribution in [0.4, 0.5) is 5.13 Å². The first-order valence-electron chi connectivity index (χ1n) is 8.21. The van der Waals surface area contributed by atoms with Crippen LogP contribution in [0.2, 0.25) is 5.02 Å². The molecule has 1 aromatic heterocycles. The van der Waals surface area contributed by atoms with E-state index in [0.29, 0.717) is 17.3 Å². The van der Waals surface area contributed by atoms with E-state index in [0.717, 1.165) is 26.7 Å². The number of anilines is 1. The average Bonchev–Trinajstić information content (AvgIpc) is 2.95. The number of ether oxygens (including phenoxy) is 1. The maximum Gasteiger partial charge on any atom is 0.264 e. The number of carbonyl (C=O) groups excluding carboxylic acids is 1. The highest BCUT2D eigenvalue weighted by molar-refractivity contribution is 7.15. The number of carbonyl (C=O) groups is 1. The number of aromatic nitrogens is 1. The molecule has 3 rings (SSSR count). The van der Waals surface area contributed by atoms with Crippen molar-refractivity contribution in [1.82, 2.24) is 4.98 Å². The van der Waals surface area contributed by atoms with Gasteiger partial charge in [0.15, 0.2) is 11.7 Å². The standard InChI is InChI=1S/C20H19ClN2O2S/c1-13-7-3-6-10-17(13)25-12-19(24)23-20-22-14(2)18(26-20)11-15-8-4-5-9-16(15)21/h3-10H,11-12H2,1-2H3,(H,22,23,24). The first-order chi connectivity index (χ1) is 12.5. The van der Waals surface area contributed by atoms with Crippen molar-refractivity contribution in [3.05, 3.63) is 75.3 Å². The summed E-state index contributed by atoms with van der Waals surface area (Å²) < 4.78 is 5.57. The van der Waals surface area contributed by atoms with Crippen LogP contribution < -0.4 is 10.1 Å². The summed E-state index contributed by atoms with van der Waals surface area (Å²) in [5, 5.41) is 4.11. The molecule has 0 aliphatic heterocycles. The third-order valence-corrected chi connectivity index (χ3v) is 5.34. The highest BCUT2D eigenvalue weighted by atomic mass is 35.5. The number of aryl methyl sites for hydroxylation is 2. The van der Waals surface area contributed by atoms with Crippen LogP contribution >= 0.6 is 22.9 Å². The molecule has 0 radical (unpaired) electrons. The zero-order chi connectivity index (χ0) is 18.5. The Morgan fingerprint density at radius 2 is 1.88 bits per heavy atom. The van der Waals surface area contributed by atoms with Gasteiger partial charge in [0.05, 0.1) is 5.69 Å². The van der Waals surface area contributed by atoms with E-state index in [-0.39, 0.29) is 12.5 Å². The monoisotopic (exact) mass is 386 g/mol. The van der Waals surface area contributed by atoms with Crippen LogP contribution in [0.1, 0.15) is 21.7 Å². The van der Waals surface area contributed by atoms with Crippen molar-refractivity contribution in [3.8, 4) is 5.75 Å². The molecule has 0 fully saturated rings. The van der Waals surface area contributed by atoms with Crippen molar-refractivity contribution in [2.24, 2.45) is 0 Å². The highest BCUT2D eigenvalue weighted by Gasteiger charge is 2.13. The summed E-state index contributed by atoms with van der Waals surface area (Å²) in [5.74, 6) is 0.476. The minimum Gasteiger partial charge on any atom is -0.483 e. The Balaban J connectivity index is 1.61. The largest absolute Gasteiger partial charge is 0.483 e. The molecular formula is C20H19ClN2O2S. The Morgan fingerprint density at radius 1 is 1.15 bits per heavy atom. The summed E-state index contributed by atoms with van der Waals surface area (Å²) in [4.78, 5) is 17.7. The molecule has 0 saturated heterocycles. The Bertz CT molecular complexity index is 924. The Morgan fingerprint density at radius 3 is 2.65 bits per heavy atom. The summed E-state index contributed by atoms with van der Waals surface area (Å²) in [6.45, 7) is 3.82. The fraction of sp³-hybridized carbons (Fsp3) is 0.200. The van der Waals surface area contributed by atoms with Crippen molar-refractivity contribution in [2.45, 2.75) is 20.3 Å². The molecule has 0 bridgehead atoms. The SMILES string of the molecule is Cc1ccccc1OCC(=O)Nc1nc(C)c(Cc2ccccc2Cl)s1. The van der Waals surface area contributed by atoms with Gasteiger partial charge in [-0.1, -0.05) is 48.0 Å². The van der Waals surface area contributed by atoms with Gasteiger partial charge in [-0.15, -0.1) is 11.3 Å². The quantitative estimate of drug-likeness (QED) is 0.647. The molecule has 0 aliphatic rings. The van der Waals surface area contributed by atoms with Crippen LogP contribution in [0.5, 0.6) is 5.75 Å². The molecule has 1 amide bonds. The van der Waals surface area contributed by atoms with E-state index in [1.54, 1.807) is 0 Å². The lowest BCUT2D eigenvalue weighted by molar-refractivity contribution is -0.118. The topological polar surface area (TPSA) is 51.2 Å². The number of halogens is 1. The first kappa shape index (κ1) is 18.4. The second-order valence-corrected chi connectivity index (χ2v) is 7.39. The third kappa shape index (κ3) is 4.62. The number of rotatable bonds is 6. The van der Waals surface area contributed by atoms with Gasteiger partial charge in [0.25, 0.3) is 5.91 Å². The van der Waals surface area contributed by atoms with Crippen LogP contribution in [0.25, 0.3) is 0 Å². The van der Waals surface area contributed by atoms with E-state index in [1.165, 1.54) is 11.3 Å². The van der Waals surface area contributed by atoms with Gasteiger partial charge < -0.3 is 4.74 Å². The molecular weight excluding hydrogens is 368 g/mol. The molecule has 1 N–H and O–H groups in total. The predicted molar refractivity (Wildman–Crippen MR) is 106 cm³/mol. The fourth-order valence-electron chi connectivity index (χ4n) is 2.48. The number of thiazole rings is 1. The van der Waals surface area contributed by atoms with Gasteiger partial charge in [0, 0.05) is 16.3 Å². The summed E-state index contributed by atoms with van der Waals surface area (Å²) >= 11 is 7.69. The molecule has 0 atom stereocenters. The van der Waals surface area contributed by atoms with E-state index < -0.39 is 0 Å². The lowest BCUT2D eigenvalue weighted by Crippen LogP contribution is -2.20. The minimum absolute atomic E-state index is 0.0523. The van der Waals surface area contributed by atoms with E-state index in [9.17, 15) is 4.79 Å². The number of benzene rings is 2. The molecule has 6 heteroatoms. The highest BCUT2D eigenvalue weighted by Crippen LogP contribution is 2.27. The van der Waals surface area contributed by atoms with Crippen LogP contribution in [0.15, 0.2) is 48.5 Å². The van der Waals surface area contributed by atoms with Crippen molar-refractivity contribution >= 4 is 34.0 Å². The molecule has 134 valence electrons. The normalized spacial score (nSPS) is 10.6. The molecule has 3 aromatic rings. The summed E-state index contributed by atoms with van der Waals surface area (Å²) in [5.41, 5.74) is 2.93. The van der Waals surface area contributed by atoms with Gasteiger partial charge in [0.2, 0.25) is 0 Å². The fourth-order valence-corrected chi connectivity index (χ4v) is 3.68. The first-order valence-corrected chi connectivity index (χ1v) is 9.40. The number of hydrogen-bond acceptors (Lipinski definition) is 4. The smallest absolute Gasteiger partial charge is 0.264 e. The number of amides is 1. The molecule has 0 aliphatic carbocycles. The Hall–Kier alpha value is -2.37. The number of nitrogens with zero attached hydrogens (tertiary/aromatic N) is 1.